The van der Waals surface area contributed by atoms with E-state index in [9.17, 15) is 9.59 Å². The van der Waals surface area contributed by atoms with E-state index in [2.05, 4.69) is 20.0 Å². The standard InChI is InChI=1S/C6H6Cl2N2O4/c1-3(11)13-9-5(7)6(8)10-14-4(2)12/h1-2H3/b9-5+,10-6+. The summed E-state index contributed by atoms with van der Waals surface area (Å²) in [4.78, 5) is 28.8. The zero-order valence-electron chi connectivity index (χ0n) is 7.28. The summed E-state index contributed by atoms with van der Waals surface area (Å²) in [5.41, 5.74) is 0. The van der Waals surface area contributed by atoms with Crippen LogP contribution in [0, 0.1) is 0 Å². The van der Waals surface area contributed by atoms with E-state index in [0.29, 0.717) is 0 Å². The normalized spacial score (nSPS) is 12.3. The second kappa shape index (κ2) is 6.33. The zero-order chi connectivity index (χ0) is 11.1. The van der Waals surface area contributed by atoms with Crippen LogP contribution in [0.3, 0.4) is 0 Å². The van der Waals surface area contributed by atoms with Gasteiger partial charge in [-0.05, 0) is 0 Å². The molecule has 0 aromatic carbocycles. The third-order valence-electron chi connectivity index (χ3n) is 0.679. The van der Waals surface area contributed by atoms with Crippen LogP contribution >= 0.6 is 23.2 Å². The molecule has 0 saturated heterocycles. The molecule has 0 aromatic heterocycles. The van der Waals surface area contributed by atoms with Crippen LogP contribution in [0.1, 0.15) is 13.8 Å². The Bertz CT molecular complexity index is 270. The SMILES string of the molecule is CC(=O)O/N=C(Cl)\C(Cl)=N/OC(C)=O. The molecule has 0 aliphatic heterocycles. The monoisotopic (exact) mass is 240 g/mol. The number of nitrogens with zero attached hydrogens (tertiary/aromatic N) is 2. The fourth-order valence-corrected chi connectivity index (χ4v) is 0.422. The number of carbonyl (C=O) groups excluding carboxylic acids is 2. The molecule has 0 bridgehead atoms. The minimum Gasteiger partial charge on any atom is -0.317 e. The molecule has 0 radical (unpaired) electrons. The van der Waals surface area contributed by atoms with E-state index in [0.717, 1.165) is 13.8 Å². The average molecular weight is 241 g/mol. The molecule has 14 heavy (non-hydrogen) atoms. The van der Waals surface area contributed by atoms with Gasteiger partial charge in [0.25, 0.3) is 0 Å². The lowest BCUT2D eigenvalue weighted by molar-refractivity contribution is -0.142. The van der Waals surface area contributed by atoms with Crippen LogP contribution in [-0.4, -0.2) is 22.3 Å². The van der Waals surface area contributed by atoms with Crippen LogP contribution in [0.5, 0.6) is 0 Å². The van der Waals surface area contributed by atoms with Gasteiger partial charge in [-0.2, -0.15) is 0 Å². The summed E-state index contributed by atoms with van der Waals surface area (Å²) in [6.45, 7) is 2.26. The minimum atomic E-state index is -0.667. The maximum atomic E-state index is 10.3. The lowest BCUT2D eigenvalue weighted by Gasteiger charge is -1.94. The number of rotatable bonds is 3. The van der Waals surface area contributed by atoms with Crippen LogP contribution in [0.2, 0.25) is 0 Å². The van der Waals surface area contributed by atoms with Crippen molar-refractivity contribution in [3.63, 3.8) is 0 Å². The van der Waals surface area contributed by atoms with Crippen molar-refractivity contribution in [2.75, 3.05) is 0 Å². The molecule has 78 valence electrons. The fraction of sp³-hybridized carbons (Fsp3) is 0.333. The van der Waals surface area contributed by atoms with Gasteiger partial charge in [-0.25, -0.2) is 9.59 Å². The molecule has 0 amide bonds. The van der Waals surface area contributed by atoms with Crippen molar-refractivity contribution in [1.29, 1.82) is 0 Å². The number of halogens is 2. The summed E-state index contributed by atoms with van der Waals surface area (Å²) in [5, 5.41) is 5.36. The highest BCUT2D eigenvalue weighted by atomic mass is 35.5. The Morgan fingerprint density at radius 3 is 1.43 bits per heavy atom. The molecule has 0 atom stereocenters. The Balaban J connectivity index is 4.29. The van der Waals surface area contributed by atoms with E-state index >= 15 is 0 Å². The van der Waals surface area contributed by atoms with Gasteiger partial charge in [0, 0.05) is 13.8 Å². The number of carbonyl (C=O) groups is 2. The lowest BCUT2D eigenvalue weighted by atomic mass is 10.8. The van der Waals surface area contributed by atoms with Gasteiger partial charge in [0.15, 0.2) is 0 Å². The first-order valence-electron chi connectivity index (χ1n) is 3.26. The van der Waals surface area contributed by atoms with Crippen LogP contribution < -0.4 is 0 Å². The molecule has 0 unspecified atom stereocenters. The van der Waals surface area contributed by atoms with Gasteiger partial charge < -0.3 is 9.68 Å². The van der Waals surface area contributed by atoms with E-state index in [-0.39, 0.29) is 0 Å². The first kappa shape index (κ1) is 12.9. The topological polar surface area (TPSA) is 77.3 Å². The molecule has 0 aliphatic carbocycles. The molecule has 0 spiro atoms. The fourth-order valence-electron chi connectivity index (χ4n) is 0.284. The van der Waals surface area contributed by atoms with Crippen molar-refractivity contribution in [3.05, 3.63) is 0 Å². The average Bonchev–Trinajstić information content (AvgIpc) is 2.09. The third kappa shape index (κ3) is 6.38. The highest BCUT2D eigenvalue weighted by molar-refractivity contribution is 7.00. The Hall–Kier alpha value is -1.14. The Labute approximate surface area is 89.4 Å². The van der Waals surface area contributed by atoms with Crippen molar-refractivity contribution in [3.8, 4) is 0 Å². The van der Waals surface area contributed by atoms with Gasteiger partial charge in [0.2, 0.25) is 10.3 Å². The van der Waals surface area contributed by atoms with Gasteiger partial charge in [-0.15, -0.1) is 0 Å². The molecule has 0 rings (SSSR count). The molecule has 0 fully saturated rings. The summed E-state index contributed by atoms with van der Waals surface area (Å²) in [6.07, 6.45) is 0. The van der Waals surface area contributed by atoms with Gasteiger partial charge in [0.1, 0.15) is 0 Å². The van der Waals surface area contributed by atoms with E-state index in [1.165, 1.54) is 0 Å². The molecule has 0 heterocycles. The minimum absolute atomic E-state index is 0.400. The van der Waals surface area contributed by atoms with Crippen LogP contribution in [0.4, 0.5) is 0 Å². The molecule has 0 aliphatic rings. The van der Waals surface area contributed by atoms with Crippen LogP contribution in [-0.2, 0) is 19.3 Å². The lowest BCUT2D eigenvalue weighted by Crippen LogP contribution is -2.04. The first-order valence-corrected chi connectivity index (χ1v) is 4.01. The van der Waals surface area contributed by atoms with E-state index < -0.39 is 22.3 Å². The van der Waals surface area contributed by atoms with Crippen molar-refractivity contribution in [1.82, 2.24) is 0 Å². The van der Waals surface area contributed by atoms with Gasteiger partial charge in [-0.3, -0.25) is 0 Å². The molecular weight excluding hydrogens is 235 g/mol. The molecule has 0 saturated carbocycles. The van der Waals surface area contributed by atoms with Crippen LogP contribution in [0.25, 0.3) is 0 Å². The predicted molar refractivity (Wildman–Crippen MR) is 50.1 cm³/mol. The summed E-state index contributed by atoms with van der Waals surface area (Å²) in [5.74, 6) is -1.33. The maximum Gasteiger partial charge on any atom is 0.332 e. The number of oxime groups is 2. The third-order valence-corrected chi connectivity index (χ3v) is 1.27. The molecule has 0 aromatic rings. The smallest absolute Gasteiger partial charge is 0.317 e. The Morgan fingerprint density at radius 2 is 1.21 bits per heavy atom. The quantitative estimate of drug-likeness (QED) is 0.422. The molecular formula is C6H6Cl2N2O4. The van der Waals surface area contributed by atoms with E-state index in [1.807, 2.05) is 0 Å². The zero-order valence-corrected chi connectivity index (χ0v) is 8.80. The van der Waals surface area contributed by atoms with Crippen molar-refractivity contribution in [2.24, 2.45) is 10.3 Å². The number of hydrogen-bond acceptors (Lipinski definition) is 6. The van der Waals surface area contributed by atoms with Gasteiger partial charge >= 0.3 is 11.9 Å². The predicted octanol–water partition coefficient (Wildman–Crippen LogP) is 1.22. The highest BCUT2D eigenvalue weighted by Crippen LogP contribution is 1.98. The second-order valence-electron chi connectivity index (χ2n) is 1.93. The van der Waals surface area contributed by atoms with Gasteiger partial charge in [0.05, 0.1) is 0 Å². The summed E-state index contributed by atoms with van der Waals surface area (Å²) >= 11 is 10.8. The highest BCUT2D eigenvalue weighted by Gasteiger charge is 2.06. The van der Waals surface area contributed by atoms with Crippen molar-refractivity contribution < 1.29 is 19.3 Å². The summed E-state index contributed by atoms with van der Waals surface area (Å²) in [6, 6.07) is 0. The molecule has 8 heteroatoms. The van der Waals surface area contributed by atoms with E-state index in [4.69, 9.17) is 23.2 Å². The summed E-state index contributed by atoms with van der Waals surface area (Å²) < 4.78 is 0. The molecule has 6 nitrogen and oxygen atoms in total. The number of hydrogen-bond donors (Lipinski definition) is 0. The van der Waals surface area contributed by atoms with Crippen LogP contribution in [0.15, 0.2) is 10.3 Å². The molecule has 0 N–H and O–H groups in total. The van der Waals surface area contributed by atoms with Crippen molar-refractivity contribution >= 4 is 45.5 Å². The second-order valence-corrected chi connectivity index (χ2v) is 2.65. The maximum absolute atomic E-state index is 10.3. The largest absolute Gasteiger partial charge is 0.332 e. The first-order chi connectivity index (χ1) is 6.43. The van der Waals surface area contributed by atoms with E-state index in [1.54, 1.807) is 0 Å². The van der Waals surface area contributed by atoms with Gasteiger partial charge in [-0.1, -0.05) is 33.5 Å². The van der Waals surface area contributed by atoms with Crippen molar-refractivity contribution in [2.45, 2.75) is 13.8 Å². The Morgan fingerprint density at radius 1 is 0.929 bits per heavy atom. The summed E-state index contributed by atoms with van der Waals surface area (Å²) in [7, 11) is 0. The Kier molecular flexibility index (Phi) is 5.82.